The van der Waals surface area contributed by atoms with Gasteiger partial charge in [-0.2, -0.15) is 4.39 Å². The first-order valence-electron chi connectivity index (χ1n) is 7.48. The molecule has 1 aliphatic heterocycles. The van der Waals surface area contributed by atoms with Gasteiger partial charge in [0.05, 0.1) is 30.2 Å². The maximum atomic E-state index is 13.3. The number of carboxylic acids is 1. The van der Waals surface area contributed by atoms with E-state index in [9.17, 15) is 19.1 Å². The molecule has 2 aliphatic rings. The minimum atomic E-state index is -1.02. The lowest BCUT2D eigenvalue weighted by molar-refractivity contribution is -0.136. The predicted molar refractivity (Wildman–Crippen MR) is 91.8 cm³/mol. The van der Waals surface area contributed by atoms with E-state index in [1.165, 1.54) is 23.5 Å². The molecule has 3 rings (SSSR count). The average molecular weight is 384 g/mol. The van der Waals surface area contributed by atoms with Crippen molar-refractivity contribution in [3.8, 4) is 0 Å². The molecule has 0 fully saturated rings. The Hall–Kier alpha value is -2.12. The van der Waals surface area contributed by atoms with Crippen LogP contribution in [0.15, 0.2) is 45.2 Å². The molecule has 8 heteroatoms. The standard InChI is InChI=1S/C17H15ClFNO4S/c1-8-10(6-14(21)22)15-11(3-4-12(24-2)16(15)18)20(8)17(23)9-5-13(19)25-7-9/h4-5,7,11H,3,6H2,1-2H3,(H,21,22). The summed E-state index contributed by atoms with van der Waals surface area (Å²) in [7, 11) is 1.48. The molecule has 1 unspecified atom stereocenters. The molecule has 132 valence electrons. The van der Waals surface area contributed by atoms with Crippen molar-refractivity contribution in [1.29, 1.82) is 0 Å². The van der Waals surface area contributed by atoms with E-state index in [0.29, 0.717) is 34.1 Å². The number of ether oxygens (including phenoxy) is 1. The summed E-state index contributed by atoms with van der Waals surface area (Å²) in [5, 5.41) is 10.5. The quantitative estimate of drug-likeness (QED) is 0.856. The molecule has 1 atom stereocenters. The van der Waals surface area contributed by atoms with Crippen molar-refractivity contribution >= 4 is 34.8 Å². The van der Waals surface area contributed by atoms with Crippen LogP contribution in [0.5, 0.6) is 0 Å². The average Bonchev–Trinajstić information content (AvgIpc) is 3.10. The summed E-state index contributed by atoms with van der Waals surface area (Å²) < 4.78 is 18.5. The second-order valence-corrected chi connectivity index (χ2v) is 6.94. The highest BCUT2D eigenvalue weighted by atomic mass is 35.5. The number of carbonyl (C=O) groups is 2. The highest BCUT2D eigenvalue weighted by Gasteiger charge is 2.42. The lowest BCUT2D eigenvalue weighted by Gasteiger charge is -2.29. The van der Waals surface area contributed by atoms with Gasteiger partial charge in [0.2, 0.25) is 0 Å². The van der Waals surface area contributed by atoms with Gasteiger partial charge in [-0.15, -0.1) is 11.3 Å². The van der Waals surface area contributed by atoms with Gasteiger partial charge in [-0.25, -0.2) is 0 Å². The summed E-state index contributed by atoms with van der Waals surface area (Å²) in [6, 6.07) is 0.760. The number of amides is 1. The fourth-order valence-corrected chi connectivity index (χ4v) is 4.25. The molecule has 1 aromatic heterocycles. The van der Waals surface area contributed by atoms with Crippen LogP contribution in [-0.2, 0) is 9.53 Å². The minimum absolute atomic E-state index is 0.232. The molecule has 0 saturated heterocycles. The van der Waals surface area contributed by atoms with Crippen molar-refractivity contribution in [3.63, 3.8) is 0 Å². The molecule has 0 aromatic carbocycles. The van der Waals surface area contributed by atoms with E-state index in [1.807, 2.05) is 0 Å². The number of methoxy groups -OCH3 is 1. The first-order valence-corrected chi connectivity index (χ1v) is 8.74. The molecule has 1 aromatic rings. The molecule has 0 radical (unpaired) electrons. The van der Waals surface area contributed by atoms with Gasteiger partial charge in [0.25, 0.3) is 5.91 Å². The number of carbonyl (C=O) groups excluding carboxylic acids is 1. The second kappa shape index (κ2) is 6.65. The van der Waals surface area contributed by atoms with Crippen LogP contribution in [0.25, 0.3) is 0 Å². The Bertz CT molecular complexity index is 855. The highest BCUT2D eigenvalue weighted by molar-refractivity contribution is 7.08. The molecular formula is C17H15ClFNO4S. The van der Waals surface area contributed by atoms with Crippen molar-refractivity contribution in [2.24, 2.45) is 0 Å². The first kappa shape index (κ1) is 17.7. The number of hydrogen-bond donors (Lipinski definition) is 1. The zero-order valence-corrected chi connectivity index (χ0v) is 15.1. The number of fused-ring (bicyclic) bond motifs is 1. The van der Waals surface area contributed by atoms with Crippen LogP contribution >= 0.6 is 22.9 Å². The summed E-state index contributed by atoms with van der Waals surface area (Å²) in [4.78, 5) is 25.7. The summed E-state index contributed by atoms with van der Waals surface area (Å²) in [6.45, 7) is 1.68. The molecule has 0 saturated carbocycles. The lowest BCUT2D eigenvalue weighted by Crippen LogP contribution is -2.36. The fourth-order valence-electron chi connectivity index (χ4n) is 3.25. The maximum Gasteiger partial charge on any atom is 0.307 e. The summed E-state index contributed by atoms with van der Waals surface area (Å²) in [5.74, 6) is -0.937. The van der Waals surface area contributed by atoms with Crippen LogP contribution in [0.4, 0.5) is 4.39 Å². The molecule has 1 aliphatic carbocycles. The van der Waals surface area contributed by atoms with Crippen molar-refractivity contribution in [2.75, 3.05) is 7.11 Å². The smallest absolute Gasteiger partial charge is 0.307 e. The minimum Gasteiger partial charge on any atom is -0.496 e. The summed E-state index contributed by atoms with van der Waals surface area (Å²) >= 11 is 7.25. The Labute approximate surface area is 152 Å². The van der Waals surface area contributed by atoms with E-state index in [-0.39, 0.29) is 17.9 Å². The van der Waals surface area contributed by atoms with Crippen LogP contribution in [0.2, 0.25) is 0 Å². The van der Waals surface area contributed by atoms with Gasteiger partial charge < -0.3 is 14.7 Å². The number of aliphatic carboxylic acids is 1. The van der Waals surface area contributed by atoms with Gasteiger partial charge in [0, 0.05) is 16.7 Å². The Morgan fingerprint density at radius 3 is 2.80 bits per heavy atom. The zero-order chi connectivity index (χ0) is 18.3. The van der Waals surface area contributed by atoms with Crippen molar-refractivity contribution in [2.45, 2.75) is 25.8 Å². The molecule has 25 heavy (non-hydrogen) atoms. The Morgan fingerprint density at radius 1 is 1.52 bits per heavy atom. The Morgan fingerprint density at radius 2 is 2.24 bits per heavy atom. The third-order valence-corrected chi connectivity index (χ3v) is 5.43. The third-order valence-electron chi connectivity index (χ3n) is 4.33. The van der Waals surface area contributed by atoms with Gasteiger partial charge in [0.1, 0.15) is 5.76 Å². The maximum absolute atomic E-state index is 13.3. The van der Waals surface area contributed by atoms with Crippen LogP contribution in [-0.4, -0.2) is 35.0 Å². The van der Waals surface area contributed by atoms with Crippen LogP contribution < -0.4 is 0 Å². The summed E-state index contributed by atoms with van der Waals surface area (Å²) in [6.07, 6.45) is 1.95. The fraction of sp³-hybridized carbons (Fsp3) is 0.294. The summed E-state index contributed by atoms with van der Waals surface area (Å²) in [5.41, 5.74) is 1.83. The van der Waals surface area contributed by atoms with E-state index < -0.39 is 17.1 Å². The predicted octanol–water partition coefficient (Wildman–Crippen LogP) is 3.89. The van der Waals surface area contributed by atoms with Crippen molar-refractivity contribution < 1.29 is 23.8 Å². The number of carboxylic acid groups (broad SMARTS) is 1. The van der Waals surface area contributed by atoms with E-state index in [1.54, 1.807) is 13.0 Å². The number of rotatable bonds is 4. The molecular weight excluding hydrogens is 369 g/mol. The van der Waals surface area contributed by atoms with Crippen molar-refractivity contribution in [3.05, 3.63) is 55.9 Å². The number of hydrogen-bond acceptors (Lipinski definition) is 4. The molecule has 1 amide bonds. The van der Waals surface area contributed by atoms with Gasteiger partial charge in [-0.05, 0) is 31.1 Å². The van der Waals surface area contributed by atoms with Gasteiger partial charge >= 0.3 is 5.97 Å². The van der Waals surface area contributed by atoms with Crippen molar-refractivity contribution in [1.82, 2.24) is 4.90 Å². The first-order chi connectivity index (χ1) is 11.8. The lowest BCUT2D eigenvalue weighted by atomic mass is 9.92. The monoisotopic (exact) mass is 383 g/mol. The molecule has 5 nitrogen and oxygen atoms in total. The number of allylic oxidation sites excluding steroid dienone is 2. The van der Waals surface area contributed by atoms with Crippen LogP contribution in [0.3, 0.4) is 0 Å². The topological polar surface area (TPSA) is 66.8 Å². The normalized spacial score (nSPS) is 19.9. The molecule has 1 N–H and O–H groups in total. The van der Waals surface area contributed by atoms with E-state index in [4.69, 9.17) is 16.3 Å². The number of thiophene rings is 1. The number of halogens is 2. The van der Waals surface area contributed by atoms with Crippen LogP contribution in [0, 0.1) is 5.13 Å². The molecule has 2 heterocycles. The number of nitrogens with zero attached hydrogens (tertiary/aromatic N) is 1. The zero-order valence-electron chi connectivity index (χ0n) is 13.5. The van der Waals surface area contributed by atoms with Gasteiger partial charge in [-0.3, -0.25) is 9.59 Å². The molecule has 0 bridgehead atoms. The molecule has 0 spiro atoms. The Kier molecular flexibility index (Phi) is 4.71. The van der Waals surface area contributed by atoms with Gasteiger partial charge in [0.15, 0.2) is 5.13 Å². The second-order valence-electron chi connectivity index (χ2n) is 5.70. The van der Waals surface area contributed by atoms with Crippen LogP contribution in [0.1, 0.15) is 30.1 Å². The highest BCUT2D eigenvalue weighted by Crippen LogP contribution is 2.45. The van der Waals surface area contributed by atoms with Gasteiger partial charge in [-0.1, -0.05) is 11.6 Å². The van der Waals surface area contributed by atoms with E-state index >= 15 is 0 Å². The SMILES string of the molecule is COC1=CCC2C(=C1Cl)C(CC(=O)O)=C(C)N2C(=O)c1csc(F)c1. The Balaban J connectivity index is 2.09. The largest absolute Gasteiger partial charge is 0.496 e. The third kappa shape index (κ3) is 2.98. The van der Waals surface area contributed by atoms with E-state index in [0.717, 1.165) is 11.3 Å². The van der Waals surface area contributed by atoms with E-state index in [2.05, 4.69) is 0 Å².